The van der Waals surface area contributed by atoms with Crippen LogP contribution in [0.2, 0.25) is 0 Å². The van der Waals surface area contributed by atoms with Gasteiger partial charge in [-0.3, -0.25) is 0 Å². The second-order valence-electron chi connectivity index (χ2n) is 8.27. The van der Waals surface area contributed by atoms with Crippen LogP contribution in [0.4, 0.5) is 10.5 Å². The molecule has 4 aliphatic carbocycles. The minimum atomic E-state index is -0.284. The monoisotopic (exact) mass is 359 g/mol. The van der Waals surface area contributed by atoms with Crippen molar-refractivity contribution in [3.05, 3.63) is 34.7 Å². The summed E-state index contributed by atoms with van der Waals surface area (Å²) in [5.41, 5.74) is 1.30. The van der Waals surface area contributed by atoms with Gasteiger partial charge in [-0.15, -0.1) is 0 Å². The van der Waals surface area contributed by atoms with Crippen LogP contribution in [0, 0.1) is 22.7 Å². The molecule has 6 heteroatoms. The largest absolute Gasteiger partial charge is 0.443 e. The van der Waals surface area contributed by atoms with Crippen LogP contribution < -0.4 is 5.32 Å². The van der Waals surface area contributed by atoms with Crippen LogP contribution in [0.25, 0.3) is 0 Å². The fourth-order valence-corrected chi connectivity index (χ4v) is 5.59. The molecule has 0 radical (unpaired) electrons. The summed E-state index contributed by atoms with van der Waals surface area (Å²) >= 11 is 0. The molecule has 0 atom stereocenters. The molecule has 0 heterocycles. The third kappa shape index (κ3) is 3.55. The number of nitrogens with one attached hydrogen (secondary N) is 1. The van der Waals surface area contributed by atoms with E-state index in [1.165, 1.54) is 26.4 Å². The number of nitrogens with zero attached hydrogens (tertiary/aromatic N) is 1. The summed E-state index contributed by atoms with van der Waals surface area (Å²) in [6.07, 6.45) is 7.59. The van der Waals surface area contributed by atoms with E-state index in [-0.39, 0.29) is 11.7 Å². The van der Waals surface area contributed by atoms with E-state index in [1.54, 1.807) is 12.1 Å². The summed E-state index contributed by atoms with van der Waals surface area (Å²) in [5.74, 6) is 2.29. The molecule has 4 fully saturated rings. The van der Waals surface area contributed by atoms with Gasteiger partial charge in [0.05, 0.1) is 4.91 Å². The van der Waals surface area contributed by atoms with Crippen molar-refractivity contribution in [3.8, 4) is 0 Å². The first-order valence-corrected chi connectivity index (χ1v) is 9.62. The van der Waals surface area contributed by atoms with E-state index in [2.05, 4.69) is 10.2 Å². The number of ether oxygens (including phenoxy) is 1. The Morgan fingerprint density at radius 3 is 2.23 bits per heavy atom. The van der Waals surface area contributed by atoms with Gasteiger partial charge in [0.2, 0.25) is 0 Å². The third-order valence-corrected chi connectivity index (χ3v) is 6.29. The minimum Gasteiger partial charge on any atom is -0.443 e. The van der Waals surface area contributed by atoms with Crippen molar-refractivity contribution in [1.29, 1.82) is 0 Å². The number of hydrogen-bond acceptors (Lipinski definition) is 4. The number of amides is 1. The first-order valence-electron chi connectivity index (χ1n) is 9.62. The maximum atomic E-state index is 12.3. The predicted octanol–water partition coefficient (Wildman–Crippen LogP) is 3.90. The molecular weight excluding hydrogens is 332 g/mol. The molecule has 4 aliphatic rings. The second kappa shape index (κ2) is 6.89. The van der Waals surface area contributed by atoms with Gasteiger partial charge in [-0.05, 0) is 68.3 Å². The number of carbonyl (C=O) groups is 1. The summed E-state index contributed by atoms with van der Waals surface area (Å²) in [5, 5.41) is 2.90. The lowest BCUT2D eigenvalue weighted by molar-refractivity contribution is -0.736. The fraction of sp³-hybridized carbons (Fsp3) is 0.650. The Morgan fingerprint density at radius 1 is 1.12 bits per heavy atom. The Balaban J connectivity index is 1.25. The summed E-state index contributed by atoms with van der Waals surface area (Å²) in [7, 11) is 1.33. The lowest BCUT2D eigenvalue weighted by atomic mass is 9.54. The van der Waals surface area contributed by atoms with Crippen molar-refractivity contribution in [2.24, 2.45) is 17.8 Å². The van der Waals surface area contributed by atoms with E-state index in [4.69, 9.17) is 4.74 Å². The van der Waals surface area contributed by atoms with Crippen LogP contribution in [0.1, 0.15) is 44.1 Å². The quantitative estimate of drug-likeness (QED) is 0.782. The highest BCUT2D eigenvalue weighted by molar-refractivity contribution is 5.67. The standard InChI is InChI=1S/C20H26N2O4/c1-25-22(24)18-4-2-14(3-5-18)6-7-21-19(23)26-20-11-15-8-16(12-20)10-17(9-15)13-20/h2-5,15-17H,6-13H2,1H3/p+1. The maximum absolute atomic E-state index is 12.3. The predicted molar refractivity (Wildman–Crippen MR) is 95.8 cm³/mol. The van der Waals surface area contributed by atoms with E-state index in [1.807, 2.05) is 12.1 Å². The number of carbonyl (C=O) groups excluding carboxylic acids is 1. The van der Waals surface area contributed by atoms with E-state index in [0.717, 1.165) is 42.6 Å². The first kappa shape index (κ1) is 17.3. The highest BCUT2D eigenvalue weighted by Gasteiger charge is 2.53. The van der Waals surface area contributed by atoms with Crippen LogP contribution >= 0.6 is 0 Å². The topological polar surface area (TPSA) is 67.6 Å². The second-order valence-corrected chi connectivity index (χ2v) is 8.27. The molecular formula is C20H27N2O4+. The lowest BCUT2D eigenvalue weighted by Gasteiger charge is -2.55. The zero-order chi connectivity index (χ0) is 18.1. The molecule has 1 amide bonds. The minimum absolute atomic E-state index is 0.196. The smallest absolute Gasteiger partial charge is 0.407 e. The van der Waals surface area contributed by atoms with Gasteiger partial charge >= 0.3 is 11.8 Å². The number of alkyl carbamates (subject to hydrolysis) is 1. The SMILES string of the molecule is CO[N+](=O)c1ccc(CCNC(=O)OC23CC4CC(CC(C4)C2)C3)cc1. The molecule has 1 N–H and O–H groups in total. The number of benzene rings is 1. The molecule has 0 aliphatic heterocycles. The van der Waals surface area contributed by atoms with Crippen molar-refractivity contribution in [2.75, 3.05) is 13.7 Å². The van der Waals surface area contributed by atoms with E-state index >= 15 is 0 Å². The molecule has 6 nitrogen and oxygen atoms in total. The van der Waals surface area contributed by atoms with Crippen LogP contribution in [0.5, 0.6) is 0 Å². The van der Waals surface area contributed by atoms with Gasteiger partial charge in [0, 0.05) is 18.7 Å². The highest BCUT2D eigenvalue weighted by Crippen LogP contribution is 2.57. The zero-order valence-corrected chi connectivity index (χ0v) is 15.3. The normalized spacial score (nSPS) is 31.5. The average Bonchev–Trinajstić information content (AvgIpc) is 2.60. The molecule has 1 aromatic carbocycles. The van der Waals surface area contributed by atoms with Crippen LogP contribution in [-0.2, 0) is 16.0 Å². The maximum Gasteiger partial charge on any atom is 0.407 e. The van der Waals surface area contributed by atoms with Crippen LogP contribution in [0.3, 0.4) is 0 Å². The molecule has 5 rings (SSSR count). The van der Waals surface area contributed by atoms with Gasteiger partial charge in [-0.2, -0.15) is 0 Å². The van der Waals surface area contributed by atoms with Crippen molar-refractivity contribution in [3.63, 3.8) is 0 Å². The zero-order valence-electron chi connectivity index (χ0n) is 15.3. The summed E-state index contributed by atoms with van der Waals surface area (Å²) in [6, 6.07) is 7.15. The summed E-state index contributed by atoms with van der Waals surface area (Å²) < 4.78 is 5.94. The average molecular weight is 359 g/mol. The van der Waals surface area contributed by atoms with Crippen molar-refractivity contribution in [2.45, 2.75) is 50.5 Å². The van der Waals surface area contributed by atoms with E-state index in [0.29, 0.717) is 23.6 Å². The number of rotatable bonds is 6. The third-order valence-electron chi connectivity index (χ3n) is 6.29. The molecule has 0 aromatic heterocycles. The lowest BCUT2D eigenvalue weighted by Crippen LogP contribution is -2.53. The summed E-state index contributed by atoms with van der Waals surface area (Å²) in [6.45, 7) is 0.524. The highest BCUT2D eigenvalue weighted by atomic mass is 16.8. The Morgan fingerprint density at radius 2 is 1.69 bits per heavy atom. The summed E-state index contributed by atoms with van der Waals surface area (Å²) in [4.78, 5) is 28.7. The van der Waals surface area contributed by atoms with E-state index in [9.17, 15) is 9.70 Å². The Bertz CT molecular complexity index is 650. The number of hydrogen-bond donors (Lipinski definition) is 1. The Kier molecular flexibility index (Phi) is 4.59. The molecule has 1 aromatic rings. The molecule has 4 bridgehead atoms. The molecule has 26 heavy (non-hydrogen) atoms. The molecule has 4 saturated carbocycles. The fourth-order valence-electron chi connectivity index (χ4n) is 5.59. The van der Waals surface area contributed by atoms with Crippen LogP contribution in [-0.4, -0.2) is 30.3 Å². The molecule has 0 spiro atoms. The Labute approximate surface area is 153 Å². The van der Waals surface area contributed by atoms with Gasteiger partial charge in [-0.1, -0.05) is 12.1 Å². The Hall–Kier alpha value is -2.11. The van der Waals surface area contributed by atoms with Gasteiger partial charge in [-0.25, -0.2) is 9.63 Å². The van der Waals surface area contributed by atoms with Crippen molar-refractivity contribution < 1.29 is 19.3 Å². The molecule has 0 unspecified atom stereocenters. The van der Waals surface area contributed by atoms with Gasteiger partial charge in [0.25, 0.3) is 4.92 Å². The van der Waals surface area contributed by atoms with Crippen molar-refractivity contribution >= 4 is 11.8 Å². The van der Waals surface area contributed by atoms with Crippen LogP contribution in [0.15, 0.2) is 24.3 Å². The molecule has 140 valence electrons. The van der Waals surface area contributed by atoms with Gasteiger partial charge in [0.15, 0.2) is 7.11 Å². The van der Waals surface area contributed by atoms with Crippen molar-refractivity contribution in [1.82, 2.24) is 5.32 Å². The first-order chi connectivity index (χ1) is 12.5. The van der Waals surface area contributed by atoms with Gasteiger partial charge in [0.1, 0.15) is 5.60 Å². The van der Waals surface area contributed by atoms with E-state index < -0.39 is 0 Å². The molecule has 0 saturated heterocycles. The van der Waals surface area contributed by atoms with Gasteiger partial charge < -0.3 is 10.1 Å².